The van der Waals surface area contributed by atoms with Gasteiger partial charge in [-0.15, -0.1) is 0 Å². The van der Waals surface area contributed by atoms with E-state index in [0.29, 0.717) is 6.67 Å². The third-order valence-corrected chi connectivity index (χ3v) is 4.24. The number of hydrogen-bond donors (Lipinski definition) is 0. The lowest BCUT2D eigenvalue weighted by atomic mass is 9.99. The zero-order chi connectivity index (χ0) is 20.7. The van der Waals surface area contributed by atoms with Crippen molar-refractivity contribution < 1.29 is 0 Å². The molecule has 4 heteroatoms. The van der Waals surface area contributed by atoms with E-state index in [1.807, 2.05) is 45.4 Å². The van der Waals surface area contributed by atoms with Gasteiger partial charge in [0.05, 0.1) is 0 Å². The van der Waals surface area contributed by atoms with Crippen LogP contribution in [0.1, 0.15) is 47.5 Å². The Kier molecular flexibility index (Phi) is 13.5. The molecule has 0 aromatic carbocycles. The number of hydrogen-bond acceptors (Lipinski definition) is 4. The van der Waals surface area contributed by atoms with E-state index >= 15 is 0 Å². The summed E-state index contributed by atoms with van der Waals surface area (Å²) in [7, 11) is 2.06. The third kappa shape index (κ3) is 10.4. The molecule has 4 nitrogen and oxygen atoms in total. The Morgan fingerprint density at radius 3 is 2.33 bits per heavy atom. The highest BCUT2D eigenvalue weighted by molar-refractivity contribution is 5.55. The van der Waals surface area contributed by atoms with Crippen LogP contribution in [-0.2, 0) is 0 Å². The van der Waals surface area contributed by atoms with Gasteiger partial charge < -0.3 is 9.80 Å². The van der Waals surface area contributed by atoms with E-state index in [0.717, 1.165) is 42.9 Å². The van der Waals surface area contributed by atoms with E-state index in [1.165, 1.54) is 5.57 Å². The van der Waals surface area contributed by atoms with Crippen molar-refractivity contribution in [1.29, 1.82) is 0 Å². The lowest BCUT2D eigenvalue weighted by molar-refractivity contribution is 0.393. The highest BCUT2D eigenvalue weighted by atomic mass is 15.2. The predicted octanol–water partition coefficient (Wildman–Crippen LogP) is 5.59. The fraction of sp³-hybridized carbons (Fsp3) is 0.478. The van der Waals surface area contributed by atoms with Crippen LogP contribution in [0.2, 0.25) is 0 Å². The van der Waals surface area contributed by atoms with Crippen molar-refractivity contribution in [3.05, 3.63) is 60.1 Å². The van der Waals surface area contributed by atoms with E-state index in [-0.39, 0.29) is 0 Å². The molecule has 0 aliphatic rings. The molecular weight excluding hydrogens is 332 g/mol. The first kappa shape index (κ1) is 24.6. The SMILES string of the molecule is C=C(CCN(/C=C/C=C(\N=C/C)N(C)CCC)C/N=C\C)C(=C)/C(C)=C/C. The Hall–Kier alpha value is -2.36. The van der Waals surface area contributed by atoms with Crippen molar-refractivity contribution in [2.24, 2.45) is 9.98 Å². The second-order valence-corrected chi connectivity index (χ2v) is 6.37. The van der Waals surface area contributed by atoms with Gasteiger partial charge in [0.25, 0.3) is 0 Å². The van der Waals surface area contributed by atoms with Crippen molar-refractivity contribution >= 4 is 12.4 Å². The Balaban J connectivity index is 5.08. The van der Waals surface area contributed by atoms with Crippen LogP contribution in [0.5, 0.6) is 0 Å². The van der Waals surface area contributed by atoms with Crippen molar-refractivity contribution in [3.8, 4) is 0 Å². The molecule has 0 aromatic rings. The summed E-state index contributed by atoms with van der Waals surface area (Å²) in [4.78, 5) is 13.2. The summed E-state index contributed by atoms with van der Waals surface area (Å²) in [6.45, 7) is 20.9. The molecule has 0 saturated carbocycles. The van der Waals surface area contributed by atoms with Gasteiger partial charge >= 0.3 is 0 Å². The van der Waals surface area contributed by atoms with Crippen LogP contribution >= 0.6 is 0 Å². The Bertz CT molecular complexity index is 606. The number of aliphatic imine (C=N–C) groups is 2. The summed E-state index contributed by atoms with van der Waals surface area (Å²) in [5, 5.41) is 0. The number of nitrogens with zero attached hydrogens (tertiary/aromatic N) is 4. The molecular formula is C23H38N4. The molecule has 150 valence electrons. The van der Waals surface area contributed by atoms with E-state index in [9.17, 15) is 0 Å². The molecule has 0 N–H and O–H groups in total. The lowest BCUT2D eigenvalue weighted by Crippen LogP contribution is -2.20. The van der Waals surface area contributed by atoms with E-state index in [2.05, 4.69) is 66.1 Å². The second kappa shape index (κ2) is 14.8. The fourth-order valence-electron chi connectivity index (χ4n) is 2.36. The summed E-state index contributed by atoms with van der Waals surface area (Å²) in [6.07, 6.45) is 13.8. The van der Waals surface area contributed by atoms with Crippen LogP contribution < -0.4 is 0 Å². The summed E-state index contributed by atoms with van der Waals surface area (Å²) in [6, 6.07) is 0. The normalized spacial score (nSPS) is 13.1. The van der Waals surface area contributed by atoms with Gasteiger partial charge in [-0.2, -0.15) is 0 Å². The van der Waals surface area contributed by atoms with E-state index < -0.39 is 0 Å². The molecule has 0 spiro atoms. The van der Waals surface area contributed by atoms with Crippen LogP contribution in [0.15, 0.2) is 70.1 Å². The summed E-state index contributed by atoms with van der Waals surface area (Å²) in [5.74, 6) is 0.955. The maximum absolute atomic E-state index is 4.46. The smallest absolute Gasteiger partial charge is 0.127 e. The van der Waals surface area contributed by atoms with Crippen LogP contribution in [0.25, 0.3) is 0 Å². The number of allylic oxidation sites excluding steroid dienone is 5. The minimum absolute atomic E-state index is 0.625. The van der Waals surface area contributed by atoms with Crippen molar-refractivity contribution in [2.75, 3.05) is 26.8 Å². The maximum atomic E-state index is 4.46. The van der Waals surface area contributed by atoms with Gasteiger partial charge in [0.1, 0.15) is 12.5 Å². The molecule has 0 atom stereocenters. The van der Waals surface area contributed by atoms with Gasteiger partial charge in [0.2, 0.25) is 0 Å². The first-order valence-electron chi connectivity index (χ1n) is 9.68. The van der Waals surface area contributed by atoms with Gasteiger partial charge in [-0.3, -0.25) is 4.99 Å². The van der Waals surface area contributed by atoms with Crippen molar-refractivity contribution in [3.63, 3.8) is 0 Å². The molecule has 0 unspecified atom stereocenters. The molecule has 0 saturated heterocycles. The van der Waals surface area contributed by atoms with Gasteiger partial charge in [-0.05, 0) is 75.6 Å². The average molecular weight is 371 g/mol. The summed E-state index contributed by atoms with van der Waals surface area (Å²) >= 11 is 0. The quantitative estimate of drug-likeness (QED) is 0.312. The molecule has 0 aliphatic carbocycles. The van der Waals surface area contributed by atoms with Gasteiger partial charge in [0, 0.05) is 32.6 Å². The minimum atomic E-state index is 0.625. The first-order valence-corrected chi connectivity index (χ1v) is 9.68. The van der Waals surface area contributed by atoms with Crippen LogP contribution in [0.4, 0.5) is 0 Å². The highest BCUT2D eigenvalue weighted by Crippen LogP contribution is 2.18. The van der Waals surface area contributed by atoms with Gasteiger partial charge in [-0.25, -0.2) is 4.99 Å². The zero-order valence-electron chi connectivity index (χ0n) is 18.2. The monoisotopic (exact) mass is 370 g/mol. The van der Waals surface area contributed by atoms with E-state index in [4.69, 9.17) is 0 Å². The topological polar surface area (TPSA) is 31.2 Å². The van der Waals surface area contributed by atoms with Crippen LogP contribution in [0.3, 0.4) is 0 Å². The van der Waals surface area contributed by atoms with Gasteiger partial charge in [0.15, 0.2) is 0 Å². The Labute approximate surface area is 167 Å². The largest absolute Gasteiger partial charge is 0.360 e. The summed E-state index contributed by atoms with van der Waals surface area (Å²) < 4.78 is 0. The molecule has 27 heavy (non-hydrogen) atoms. The van der Waals surface area contributed by atoms with Crippen molar-refractivity contribution in [1.82, 2.24) is 9.80 Å². The zero-order valence-corrected chi connectivity index (χ0v) is 18.2. The predicted molar refractivity (Wildman–Crippen MR) is 122 cm³/mol. The minimum Gasteiger partial charge on any atom is -0.360 e. The second-order valence-electron chi connectivity index (χ2n) is 6.37. The van der Waals surface area contributed by atoms with Crippen molar-refractivity contribution in [2.45, 2.75) is 47.5 Å². The highest BCUT2D eigenvalue weighted by Gasteiger charge is 2.05. The first-order chi connectivity index (χ1) is 12.9. The van der Waals surface area contributed by atoms with Crippen LogP contribution in [-0.4, -0.2) is 49.0 Å². The Morgan fingerprint density at radius 2 is 1.78 bits per heavy atom. The average Bonchev–Trinajstić information content (AvgIpc) is 2.67. The summed E-state index contributed by atoms with van der Waals surface area (Å²) in [5.41, 5.74) is 3.28. The third-order valence-electron chi connectivity index (χ3n) is 4.24. The lowest BCUT2D eigenvalue weighted by Gasteiger charge is -2.20. The molecule has 0 aliphatic heterocycles. The molecule has 0 bridgehead atoms. The molecule has 0 aromatic heterocycles. The van der Waals surface area contributed by atoms with Crippen LogP contribution in [0, 0.1) is 0 Å². The molecule has 0 radical (unpaired) electrons. The maximum Gasteiger partial charge on any atom is 0.127 e. The fourth-order valence-corrected chi connectivity index (χ4v) is 2.36. The molecule has 0 amide bonds. The van der Waals surface area contributed by atoms with E-state index in [1.54, 1.807) is 0 Å². The molecule has 0 fully saturated rings. The molecule has 0 rings (SSSR count). The molecule has 0 heterocycles. The number of rotatable bonds is 13. The Morgan fingerprint density at radius 1 is 1.07 bits per heavy atom. The standard InChI is InChI=1S/C23H38N4/c1-9-16-26(8)23(25-12-4)14-13-17-27(19-24-11-3)18-15-21(6)22(7)20(5)10-2/h10-14,17H,6-7,9,15-16,18-19H2,1-5,8H3/b17-13+,20-10+,23-14+,24-11-,25-12-. The van der Waals surface area contributed by atoms with Gasteiger partial charge in [-0.1, -0.05) is 26.2 Å².